The van der Waals surface area contributed by atoms with Crippen molar-refractivity contribution in [2.24, 2.45) is 0 Å². The lowest BCUT2D eigenvalue weighted by atomic mass is 10.3. The van der Waals surface area contributed by atoms with Gasteiger partial charge in [0.05, 0.1) is 12.1 Å². The largest absolute Gasteiger partial charge is 0.476 e. The first-order valence-electron chi connectivity index (χ1n) is 5.14. The molecule has 2 aromatic heterocycles. The SMILES string of the molecule is O=C(O)c1csc(CNC(=O)c2cccnc2Cl)n1. The van der Waals surface area contributed by atoms with Crippen LogP contribution in [0, 0.1) is 0 Å². The van der Waals surface area contributed by atoms with E-state index >= 15 is 0 Å². The van der Waals surface area contributed by atoms with Crippen molar-refractivity contribution in [1.82, 2.24) is 15.3 Å². The standard InChI is InChI=1S/C11H8ClN3O3S/c12-9-6(2-1-3-13-9)10(16)14-4-8-15-7(5-19-8)11(17)18/h1-3,5H,4H2,(H,14,16)(H,17,18). The number of aromatic nitrogens is 2. The Morgan fingerprint density at radius 3 is 2.89 bits per heavy atom. The summed E-state index contributed by atoms with van der Waals surface area (Å²) in [6.45, 7) is 0.141. The summed E-state index contributed by atoms with van der Waals surface area (Å²) in [4.78, 5) is 30.1. The molecule has 0 aliphatic rings. The fourth-order valence-electron chi connectivity index (χ4n) is 1.30. The molecule has 0 saturated carbocycles. The molecule has 2 rings (SSSR count). The molecule has 0 atom stereocenters. The molecule has 2 heterocycles. The van der Waals surface area contributed by atoms with Crippen LogP contribution in [0.3, 0.4) is 0 Å². The van der Waals surface area contributed by atoms with E-state index in [0.29, 0.717) is 5.01 Å². The number of thiazole rings is 1. The lowest BCUT2D eigenvalue weighted by molar-refractivity contribution is 0.0691. The van der Waals surface area contributed by atoms with Gasteiger partial charge in [0.1, 0.15) is 10.2 Å². The van der Waals surface area contributed by atoms with Crippen molar-refractivity contribution in [3.63, 3.8) is 0 Å². The van der Waals surface area contributed by atoms with E-state index in [2.05, 4.69) is 15.3 Å². The molecule has 0 aliphatic carbocycles. The molecule has 0 bridgehead atoms. The quantitative estimate of drug-likeness (QED) is 0.840. The van der Waals surface area contributed by atoms with Gasteiger partial charge < -0.3 is 10.4 Å². The van der Waals surface area contributed by atoms with Crippen LogP contribution in [-0.2, 0) is 6.54 Å². The van der Waals surface area contributed by atoms with E-state index in [-0.39, 0.29) is 28.9 Å². The molecule has 0 saturated heterocycles. The van der Waals surface area contributed by atoms with Gasteiger partial charge in [0.2, 0.25) is 0 Å². The van der Waals surface area contributed by atoms with Crippen molar-refractivity contribution in [1.29, 1.82) is 0 Å². The summed E-state index contributed by atoms with van der Waals surface area (Å²) in [5.41, 5.74) is 0.229. The summed E-state index contributed by atoms with van der Waals surface area (Å²) < 4.78 is 0. The zero-order valence-electron chi connectivity index (χ0n) is 9.46. The van der Waals surface area contributed by atoms with Crippen LogP contribution in [0.2, 0.25) is 5.15 Å². The molecule has 2 aromatic rings. The van der Waals surface area contributed by atoms with Crippen molar-refractivity contribution < 1.29 is 14.7 Å². The third-order valence-corrected chi connectivity index (χ3v) is 3.32. The Kier molecular flexibility index (Phi) is 4.08. The Morgan fingerprint density at radius 1 is 1.47 bits per heavy atom. The predicted molar refractivity (Wildman–Crippen MR) is 69.5 cm³/mol. The Bertz CT molecular complexity index is 629. The van der Waals surface area contributed by atoms with Gasteiger partial charge in [-0.25, -0.2) is 14.8 Å². The first-order chi connectivity index (χ1) is 9.08. The van der Waals surface area contributed by atoms with E-state index in [0.717, 1.165) is 11.3 Å². The van der Waals surface area contributed by atoms with E-state index in [9.17, 15) is 9.59 Å². The van der Waals surface area contributed by atoms with Crippen LogP contribution in [0.4, 0.5) is 0 Å². The number of pyridine rings is 1. The van der Waals surface area contributed by atoms with E-state index in [1.54, 1.807) is 12.1 Å². The van der Waals surface area contributed by atoms with Gasteiger partial charge in [-0.3, -0.25) is 4.79 Å². The Hall–Kier alpha value is -1.99. The molecular weight excluding hydrogens is 290 g/mol. The number of carbonyl (C=O) groups is 2. The summed E-state index contributed by atoms with van der Waals surface area (Å²) in [6.07, 6.45) is 1.49. The molecule has 0 unspecified atom stereocenters. The van der Waals surface area contributed by atoms with Crippen molar-refractivity contribution >= 4 is 34.8 Å². The highest BCUT2D eigenvalue weighted by Gasteiger charge is 2.12. The van der Waals surface area contributed by atoms with E-state index in [1.807, 2.05) is 0 Å². The normalized spacial score (nSPS) is 10.2. The average Bonchev–Trinajstić information content (AvgIpc) is 2.85. The number of nitrogens with one attached hydrogen (secondary N) is 1. The maximum Gasteiger partial charge on any atom is 0.355 e. The highest BCUT2D eigenvalue weighted by Crippen LogP contribution is 2.13. The van der Waals surface area contributed by atoms with Gasteiger partial charge in [0.25, 0.3) is 5.91 Å². The number of aromatic carboxylic acids is 1. The van der Waals surface area contributed by atoms with Gasteiger partial charge in [0, 0.05) is 11.6 Å². The first kappa shape index (κ1) is 13.4. The lowest BCUT2D eigenvalue weighted by Gasteiger charge is -2.03. The van der Waals surface area contributed by atoms with Crippen molar-refractivity contribution in [2.75, 3.05) is 0 Å². The topological polar surface area (TPSA) is 92.2 Å². The third kappa shape index (κ3) is 3.27. The Balaban J connectivity index is 2.00. The highest BCUT2D eigenvalue weighted by atomic mass is 35.5. The molecule has 0 fully saturated rings. The average molecular weight is 298 g/mol. The lowest BCUT2D eigenvalue weighted by Crippen LogP contribution is -2.23. The molecule has 0 radical (unpaired) electrons. The summed E-state index contributed by atoms with van der Waals surface area (Å²) in [6, 6.07) is 3.15. The van der Waals surface area contributed by atoms with E-state index in [1.165, 1.54) is 11.6 Å². The van der Waals surface area contributed by atoms with Gasteiger partial charge >= 0.3 is 5.97 Å². The number of nitrogens with zero attached hydrogens (tertiary/aromatic N) is 2. The molecular formula is C11H8ClN3O3S. The van der Waals surface area contributed by atoms with Crippen LogP contribution >= 0.6 is 22.9 Å². The monoisotopic (exact) mass is 297 g/mol. The van der Waals surface area contributed by atoms with Crippen LogP contribution in [0.5, 0.6) is 0 Å². The number of hydrogen-bond donors (Lipinski definition) is 2. The van der Waals surface area contributed by atoms with Crippen LogP contribution in [0.25, 0.3) is 0 Å². The highest BCUT2D eigenvalue weighted by molar-refractivity contribution is 7.09. The Morgan fingerprint density at radius 2 is 2.26 bits per heavy atom. The fourth-order valence-corrected chi connectivity index (χ4v) is 2.21. The summed E-state index contributed by atoms with van der Waals surface area (Å²) in [5, 5.41) is 13.4. The summed E-state index contributed by atoms with van der Waals surface area (Å²) >= 11 is 6.95. The third-order valence-electron chi connectivity index (χ3n) is 2.17. The molecule has 2 N–H and O–H groups in total. The van der Waals surface area contributed by atoms with Crippen LogP contribution < -0.4 is 5.32 Å². The van der Waals surface area contributed by atoms with Crippen molar-refractivity contribution in [3.8, 4) is 0 Å². The smallest absolute Gasteiger partial charge is 0.355 e. The zero-order valence-corrected chi connectivity index (χ0v) is 11.0. The second kappa shape index (κ2) is 5.77. The number of carbonyl (C=O) groups excluding carboxylic acids is 1. The molecule has 6 nitrogen and oxygen atoms in total. The number of rotatable bonds is 4. The van der Waals surface area contributed by atoms with E-state index < -0.39 is 5.97 Å². The molecule has 19 heavy (non-hydrogen) atoms. The van der Waals surface area contributed by atoms with E-state index in [4.69, 9.17) is 16.7 Å². The number of carboxylic acids is 1. The summed E-state index contributed by atoms with van der Waals surface area (Å²) in [7, 11) is 0. The molecule has 0 aliphatic heterocycles. The fraction of sp³-hybridized carbons (Fsp3) is 0.0909. The van der Waals surface area contributed by atoms with Crippen LogP contribution in [0.1, 0.15) is 25.9 Å². The minimum atomic E-state index is -1.09. The molecule has 8 heteroatoms. The van der Waals surface area contributed by atoms with Gasteiger partial charge in [-0.2, -0.15) is 0 Å². The van der Waals surface area contributed by atoms with Crippen molar-refractivity contribution in [2.45, 2.75) is 6.54 Å². The maximum atomic E-state index is 11.8. The Labute approximate surface area is 117 Å². The number of halogens is 1. The molecule has 1 amide bonds. The summed E-state index contributed by atoms with van der Waals surface area (Å²) in [5.74, 6) is -1.48. The number of hydrogen-bond acceptors (Lipinski definition) is 5. The minimum Gasteiger partial charge on any atom is -0.476 e. The molecule has 0 spiro atoms. The van der Waals surface area contributed by atoms with Crippen LogP contribution in [0.15, 0.2) is 23.7 Å². The van der Waals surface area contributed by atoms with Crippen LogP contribution in [-0.4, -0.2) is 27.0 Å². The number of carboxylic acid groups (broad SMARTS) is 1. The molecule has 0 aromatic carbocycles. The number of amides is 1. The van der Waals surface area contributed by atoms with Gasteiger partial charge in [-0.05, 0) is 12.1 Å². The zero-order chi connectivity index (χ0) is 13.8. The van der Waals surface area contributed by atoms with Gasteiger partial charge in [-0.1, -0.05) is 11.6 Å². The molecule has 98 valence electrons. The predicted octanol–water partition coefficient (Wildman–Crippen LogP) is 1.82. The maximum absolute atomic E-state index is 11.8. The van der Waals surface area contributed by atoms with Gasteiger partial charge in [0.15, 0.2) is 5.69 Å². The first-order valence-corrected chi connectivity index (χ1v) is 6.40. The second-order valence-corrected chi connectivity index (χ2v) is 4.76. The van der Waals surface area contributed by atoms with Gasteiger partial charge in [-0.15, -0.1) is 11.3 Å². The van der Waals surface area contributed by atoms with Crippen molar-refractivity contribution in [3.05, 3.63) is 45.1 Å². The minimum absolute atomic E-state index is 0.0336. The second-order valence-electron chi connectivity index (χ2n) is 3.46.